The van der Waals surface area contributed by atoms with Crippen LogP contribution in [0, 0.1) is 0 Å². The lowest BCUT2D eigenvalue weighted by atomic mass is 10.3. The maximum atomic E-state index is 10.9. The van der Waals surface area contributed by atoms with Gasteiger partial charge in [0.1, 0.15) is 0 Å². The van der Waals surface area contributed by atoms with Crippen molar-refractivity contribution in [2.75, 3.05) is 11.4 Å². The van der Waals surface area contributed by atoms with Crippen LogP contribution < -0.4 is 4.31 Å². The molecular weight excluding hydrogens is 233 g/mol. The van der Waals surface area contributed by atoms with Crippen molar-refractivity contribution >= 4 is 37.2 Å². The highest BCUT2D eigenvalue weighted by atomic mass is 35.7. The second kappa shape index (κ2) is 3.74. The first-order valence-corrected chi connectivity index (χ1v) is 6.00. The highest BCUT2D eigenvalue weighted by molar-refractivity contribution is 8.14. The van der Waals surface area contributed by atoms with Gasteiger partial charge in [0.2, 0.25) is 0 Å². The van der Waals surface area contributed by atoms with Gasteiger partial charge in [-0.1, -0.05) is 11.6 Å². The van der Waals surface area contributed by atoms with Crippen molar-refractivity contribution < 1.29 is 8.42 Å². The molecule has 13 heavy (non-hydrogen) atoms. The molecule has 0 aliphatic rings. The van der Waals surface area contributed by atoms with E-state index in [0.29, 0.717) is 10.7 Å². The van der Waals surface area contributed by atoms with Crippen LogP contribution in [0.1, 0.15) is 0 Å². The molecule has 0 aliphatic heterocycles. The molecule has 0 fully saturated rings. The molecule has 0 bridgehead atoms. The fourth-order valence-corrected chi connectivity index (χ4v) is 1.52. The fraction of sp³-hybridized carbons (Fsp3) is 0.143. The van der Waals surface area contributed by atoms with E-state index in [2.05, 4.69) is 0 Å². The van der Waals surface area contributed by atoms with Crippen molar-refractivity contribution in [3.05, 3.63) is 29.3 Å². The predicted molar refractivity (Wildman–Crippen MR) is 54.6 cm³/mol. The maximum absolute atomic E-state index is 10.9. The van der Waals surface area contributed by atoms with E-state index in [4.69, 9.17) is 22.3 Å². The van der Waals surface area contributed by atoms with Crippen LogP contribution in [0.15, 0.2) is 24.3 Å². The number of anilines is 1. The number of rotatable bonds is 2. The van der Waals surface area contributed by atoms with E-state index >= 15 is 0 Å². The van der Waals surface area contributed by atoms with Gasteiger partial charge < -0.3 is 0 Å². The molecule has 0 spiro atoms. The predicted octanol–water partition coefficient (Wildman–Crippen LogP) is 2.26. The van der Waals surface area contributed by atoms with E-state index in [0.717, 1.165) is 4.31 Å². The number of nitrogens with zero attached hydrogens (tertiary/aromatic N) is 1. The summed E-state index contributed by atoms with van der Waals surface area (Å²) in [5.74, 6) is 0. The molecule has 0 heterocycles. The molecule has 0 unspecified atom stereocenters. The molecule has 0 N–H and O–H groups in total. The third-order valence-corrected chi connectivity index (χ3v) is 3.26. The Labute approximate surface area is 86.4 Å². The topological polar surface area (TPSA) is 37.4 Å². The fourth-order valence-electron chi connectivity index (χ4n) is 0.777. The Balaban J connectivity index is 3.04. The molecule has 0 amide bonds. The lowest BCUT2D eigenvalue weighted by Crippen LogP contribution is -2.20. The van der Waals surface area contributed by atoms with E-state index in [-0.39, 0.29) is 0 Å². The molecule has 6 heteroatoms. The van der Waals surface area contributed by atoms with Crippen molar-refractivity contribution in [1.29, 1.82) is 0 Å². The summed E-state index contributed by atoms with van der Waals surface area (Å²) in [5, 5.41) is 0.545. The summed E-state index contributed by atoms with van der Waals surface area (Å²) in [6, 6.07) is 6.33. The Morgan fingerprint density at radius 2 is 1.69 bits per heavy atom. The third-order valence-electron chi connectivity index (χ3n) is 1.52. The Morgan fingerprint density at radius 1 is 1.23 bits per heavy atom. The Bertz CT molecular complexity index is 387. The molecule has 72 valence electrons. The minimum absolute atomic E-state index is 0.472. The van der Waals surface area contributed by atoms with Gasteiger partial charge in [0.05, 0.1) is 5.69 Å². The zero-order chi connectivity index (χ0) is 10.1. The van der Waals surface area contributed by atoms with Crippen molar-refractivity contribution in [1.82, 2.24) is 0 Å². The summed E-state index contributed by atoms with van der Waals surface area (Å²) in [5.41, 5.74) is 0.472. The van der Waals surface area contributed by atoms with E-state index in [1.54, 1.807) is 24.3 Å². The van der Waals surface area contributed by atoms with Crippen LogP contribution in [-0.4, -0.2) is 15.5 Å². The molecule has 0 saturated carbocycles. The third kappa shape index (κ3) is 2.76. The van der Waals surface area contributed by atoms with Crippen molar-refractivity contribution in [2.45, 2.75) is 0 Å². The highest BCUT2D eigenvalue weighted by Crippen LogP contribution is 2.20. The van der Waals surface area contributed by atoms with Crippen molar-refractivity contribution in [3.63, 3.8) is 0 Å². The summed E-state index contributed by atoms with van der Waals surface area (Å²) in [6.07, 6.45) is 0. The van der Waals surface area contributed by atoms with Gasteiger partial charge in [-0.3, -0.25) is 4.31 Å². The van der Waals surface area contributed by atoms with Crippen LogP contribution in [-0.2, 0) is 9.24 Å². The van der Waals surface area contributed by atoms with Gasteiger partial charge in [-0.2, -0.15) is 8.42 Å². The SMILES string of the molecule is CN(c1ccc(Cl)cc1)S(=O)(=O)Cl. The Hall–Kier alpha value is -0.450. The molecular formula is C7H7Cl2NO2S. The Kier molecular flexibility index (Phi) is 3.05. The largest absolute Gasteiger partial charge is 0.321 e. The number of halogens is 2. The molecule has 1 rings (SSSR count). The molecule has 0 aliphatic carbocycles. The van der Waals surface area contributed by atoms with Crippen LogP contribution in [0.2, 0.25) is 5.02 Å². The molecule has 0 atom stereocenters. The second-order valence-electron chi connectivity index (χ2n) is 2.39. The molecule has 0 radical (unpaired) electrons. The van der Waals surface area contributed by atoms with Gasteiger partial charge in [-0.15, -0.1) is 0 Å². The smallest absolute Gasteiger partial charge is 0.261 e. The van der Waals surface area contributed by atoms with Crippen LogP contribution >= 0.6 is 22.3 Å². The zero-order valence-electron chi connectivity index (χ0n) is 6.74. The van der Waals surface area contributed by atoms with Gasteiger partial charge in [0, 0.05) is 22.8 Å². The molecule has 0 aromatic heterocycles. The van der Waals surface area contributed by atoms with E-state index < -0.39 is 9.24 Å². The van der Waals surface area contributed by atoms with Crippen LogP contribution in [0.4, 0.5) is 5.69 Å². The average Bonchev–Trinajstić information content (AvgIpc) is 2.03. The van der Waals surface area contributed by atoms with Gasteiger partial charge in [-0.25, -0.2) is 0 Å². The van der Waals surface area contributed by atoms with Gasteiger partial charge >= 0.3 is 9.24 Å². The summed E-state index contributed by atoms with van der Waals surface area (Å²) >= 11 is 5.63. The van der Waals surface area contributed by atoms with Gasteiger partial charge in [0.25, 0.3) is 0 Å². The standard InChI is InChI=1S/C7H7Cl2NO2S/c1-10(13(9,11)12)7-4-2-6(8)3-5-7/h2-5H,1H3. The van der Waals surface area contributed by atoms with Crippen molar-refractivity contribution in [3.8, 4) is 0 Å². The second-order valence-corrected chi connectivity index (χ2v) is 5.36. The minimum Gasteiger partial charge on any atom is -0.261 e. The molecule has 3 nitrogen and oxygen atoms in total. The van der Waals surface area contributed by atoms with Gasteiger partial charge in [-0.05, 0) is 24.3 Å². The monoisotopic (exact) mass is 239 g/mol. The van der Waals surface area contributed by atoms with Crippen LogP contribution in [0.5, 0.6) is 0 Å². The highest BCUT2D eigenvalue weighted by Gasteiger charge is 2.13. The first kappa shape index (κ1) is 10.6. The quantitative estimate of drug-likeness (QED) is 0.743. The van der Waals surface area contributed by atoms with Gasteiger partial charge in [0.15, 0.2) is 0 Å². The number of benzene rings is 1. The first-order valence-electron chi connectivity index (χ1n) is 3.35. The minimum atomic E-state index is -3.71. The number of hydrogen-bond donors (Lipinski definition) is 0. The van der Waals surface area contributed by atoms with Crippen LogP contribution in [0.25, 0.3) is 0 Å². The van der Waals surface area contributed by atoms with E-state index in [1.165, 1.54) is 7.05 Å². The first-order chi connectivity index (χ1) is 5.91. The van der Waals surface area contributed by atoms with Crippen LogP contribution in [0.3, 0.4) is 0 Å². The summed E-state index contributed by atoms with van der Waals surface area (Å²) < 4.78 is 22.7. The molecule has 1 aromatic carbocycles. The van der Waals surface area contributed by atoms with E-state index in [1.807, 2.05) is 0 Å². The zero-order valence-corrected chi connectivity index (χ0v) is 9.07. The Morgan fingerprint density at radius 3 is 2.08 bits per heavy atom. The summed E-state index contributed by atoms with van der Waals surface area (Å²) in [6.45, 7) is 0. The lowest BCUT2D eigenvalue weighted by molar-refractivity contribution is 0.608. The normalized spacial score (nSPS) is 11.3. The lowest BCUT2D eigenvalue weighted by Gasteiger charge is -2.14. The number of hydrogen-bond acceptors (Lipinski definition) is 2. The summed E-state index contributed by atoms with van der Waals surface area (Å²) in [4.78, 5) is 0. The molecule has 0 saturated heterocycles. The van der Waals surface area contributed by atoms with Crippen molar-refractivity contribution in [2.24, 2.45) is 0 Å². The average molecular weight is 240 g/mol. The maximum Gasteiger partial charge on any atom is 0.321 e. The van der Waals surface area contributed by atoms with E-state index in [9.17, 15) is 8.42 Å². The molecule has 1 aromatic rings. The summed E-state index contributed by atoms with van der Waals surface area (Å²) in [7, 11) is 2.78.